The average molecular weight is 436 g/mol. The van der Waals surface area contributed by atoms with Crippen LogP contribution < -0.4 is 10.6 Å². The molecule has 0 saturated carbocycles. The highest BCUT2D eigenvalue weighted by Gasteiger charge is 2.05. The molecule has 1 amide bonds. The monoisotopic (exact) mass is 436 g/mol. The maximum atomic E-state index is 11.6. The standard InChI is InChI=1S/C15H24N4OS.HI/c1-11(2)8-16-15(18-10-14(20)19(4)5)17-9-13-7-6-12(3)21-13;/h6-7H,1,8-10H2,2-5H3,(H2,16,17,18);1H. The number of nitrogens with one attached hydrogen (secondary N) is 2. The molecule has 0 unspecified atom stereocenters. The van der Waals surface area contributed by atoms with E-state index in [1.165, 1.54) is 14.7 Å². The van der Waals surface area contributed by atoms with Crippen LogP contribution in [0.25, 0.3) is 0 Å². The van der Waals surface area contributed by atoms with E-state index < -0.39 is 0 Å². The lowest BCUT2D eigenvalue weighted by atomic mass is 10.3. The van der Waals surface area contributed by atoms with Gasteiger partial charge in [0.25, 0.3) is 0 Å². The highest BCUT2D eigenvalue weighted by atomic mass is 127. The van der Waals surface area contributed by atoms with Crippen molar-refractivity contribution in [2.75, 3.05) is 27.2 Å². The summed E-state index contributed by atoms with van der Waals surface area (Å²) in [5, 5.41) is 6.40. The fraction of sp³-hybridized carbons (Fsp3) is 0.467. The summed E-state index contributed by atoms with van der Waals surface area (Å²) in [4.78, 5) is 20.0. The Morgan fingerprint density at radius 1 is 1.36 bits per heavy atom. The van der Waals surface area contributed by atoms with Gasteiger partial charge in [0.05, 0.1) is 6.54 Å². The maximum Gasteiger partial charge on any atom is 0.243 e. The first-order valence-electron chi connectivity index (χ1n) is 6.80. The Kier molecular flexibility index (Phi) is 10.1. The average Bonchev–Trinajstić information content (AvgIpc) is 2.82. The van der Waals surface area contributed by atoms with Gasteiger partial charge < -0.3 is 15.5 Å². The Balaban J connectivity index is 0.00000441. The van der Waals surface area contributed by atoms with Crippen LogP contribution in [-0.4, -0.2) is 44.0 Å². The van der Waals surface area contributed by atoms with E-state index in [0.717, 1.165) is 5.57 Å². The second kappa shape index (κ2) is 10.6. The lowest BCUT2D eigenvalue weighted by molar-refractivity contribution is -0.127. The number of amides is 1. The number of likely N-dealkylation sites (N-methyl/N-ethyl adjacent to an activating group) is 1. The number of aryl methyl sites for hydroxylation is 1. The molecule has 22 heavy (non-hydrogen) atoms. The highest BCUT2D eigenvalue weighted by Crippen LogP contribution is 2.14. The van der Waals surface area contributed by atoms with E-state index in [9.17, 15) is 4.79 Å². The number of nitrogens with zero attached hydrogens (tertiary/aromatic N) is 2. The van der Waals surface area contributed by atoms with E-state index in [2.05, 4.69) is 41.3 Å². The Labute approximate surface area is 153 Å². The molecule has 0 bridgehead atoms. The van der Waals surface area contributed by atoms with E-state index in [0.29, 0.717) is 19.0 Å². The van der Waals surface area contributed by atoms with Crippen molar-refractivity contribution in [2.24, 2.45) is 4.99 Å². The van der Waals surface area contributed by atoms with Gasteiger partial charge in [-0.2, -0.15) is 0 Å². The minimum absolute atomic E-state index is 0. The van der Waals surface area contributed by atoms with E-state index in [4.69, 9.17) is 0 Å². The molecule has 1 aromatic rings. The topological polar surface area (TPSA) is 56.7 Å². The predicted molar refractivity (Wildman–Crippen MR) is 105 cm³/mol. The van der Waals surface area contributed by atoms with Crippen molar-refractivity contribution >= 4 is 47.2 Å². The molecule has 0 radical (unpaired) electrons. The first-order valence-corrected chi connectivity index (χ1v) is 7.62. The lowest BCUT2D eigenvalue weighted by Crippen LogP contribution is -2.38. The van der Waals surface area contributed by atoms with Crippen molar-refractivity contribution in [3.63, 3.8) is 0 Å². The molecular weight excluding hydrogens is 411 g/mol. The van der Waals surface area contributed by atoms with Crippen LogP contribution >= 0.6 is 35.3 Å². The molecule has 1 heterocycles. The zero-order chi connectivity index (χ0) is 15.8. The van der Waals surface area contributed by atoms with E-state index in [1.54, 1.807) is 25.4 Å². The summed E-state index contributed by atoms with van der Waals surface area (Å²) in [6.07, 6.45) is 0. The van der Waals surface area contributed by atoms with E-state index >= 15 is 0 Å². The number of carbonyl (C=O) groups is 1. The summed E-state index contributed by atoms with van der Waals surface area (Å²) in [5.41, 5.74) is 1.01. The summed E-state index contributed by atoms with van der Waals surface area (Å²) in [7, 11) is 3.45. The third kappa shape index (κ3) is 8.38. The summed E-state index contributed by atoms with van der Waals surface area (Å²) in [6, 6.07) is 4.18. The largest absolute Gasteiger partial charge is 0.353 e. The summed E-state index contributed by atoms with van der Waals surface area (Å²) in [6.45, 7) is 9.33. The quantitative estimate of drug-likeness (QED) is 0.312. The van der Waals surface area contributed by atoms with Gasteiger partial charge in [0, 0.05) is 30.4 Å². The Hall–Kier alpha value is -1.09. The lowest BCUT2D eigenvalue weighted by Gasteiger charge is -2.13. The number of halogens is 1. The third-order valence-electron chi connectivity index (χ3n) is 2.65. The molecule has 0 fully saturated rings. The van der Waals surface area contributed by atoms with Gasteiger partial charge >= 0.3 is 0 Å². The molecule has 0 atom stereocenters. The number of aliphatic imine (C=N–C) groups is 1. The van der Waals surface area contributed by atoms with Gasteiger partial charge in [-0.15, -0.1) is 35.3 Å². The zero-order valence-corrected chi connectivity index (χ0v) is 16.7. The van der Waals surface area contributed by atoms with Crippen LogP contribution in [-0.2, 0) is 11.3 Å². The predicted octanol–water partition coefficient (Wildman–Crippen LogP) is 2.37. The van der Waals surface area contributed by atoms with Crippen molar-refractivity contribution in [3.8, 4) is 0 Å². The van der Waals surface area contributed by atoms with Gasteiger partial charge in [0.2, 0.25) is 5.91 Å². The second-order valence-corrected chi connectivity index (χ2v) is 6.50. The number of rotatable bonds is 6. The maximum absolute atomic E-state index is 11.6. The molecule has 0 aliphatic rings. The minimum atomic E-state index is -0.0293. The molecular formula is C15H25IN4OS. The molecule has 1 rings (SSSR count). The van der Waals surface area contributed by atoms with Crippen LogP contribution in [0.3, 0.4) is 0 Å². The molecule has 124 valence electrons. The first kappa shape index (κ1) is 20.9. The molecule has 5 nitrogen and oxygen atoms in total. The number of hydrogen-bond acceptors (Lipinski definition) is 3. The minimum Gasteiger partial charge on any atom is -0.353 e. The van der Waals surface area contributed by atoms with Crippen molar-refractivity contribution in [1.29, 1.82) is 0 Å². The van der Waals surface area contributed by atoms with Crippen LogP contribution in [0, 0.1) is 6.92 Å². The van der Waals surface area contributed by atoms with Crippen LogP contribution in [0.4, 0.5) is 0 Å². The molecule has 1 aromatic heterocycles. The zero-order valence-electron chi connectivity index (χ0n) is 13.6. The third-order valence-corrected chi connectivity index (χ3v) is 3.66. The summed E-state index contributed by atoms with van der Waals surface area (Å²) < 4.78 is 0. The normalized spacial score (nSPS) is 10.6. The Morgan fingerprint density at radius 2 is 2.05 bits per heavy atom. The number of carbonyl (C=O) groups excluding carboxylic acids is 1. The second-order valence-electron chi connectivity index (χ2n) is 5.13. The van der Waals surface area contributed by atoms with Gasteiger partial charge in [-0.3, -0.25) is 4.79 Å². The molecule has 0 spiro atoms. The van der Waals surface area contributed by atoms with Gasteiger partial charge in [-0.1, -0.05) is 12.2 Å². The molecule has 0 aliphatic carbocycles. The van der Waals surface area contributed by atoms with Crippen molar-refractivity contribution in [1.82, 2.24) is 15.5 Å². The molecule has 0 aliphatic heterocycles. The van der Waals surface area contributed by atoms with Gasteiger partial charge in [0.1, 0.15) is 6.54 Å². The first-order chi connectivity index (χ1) is 9.88. The van der Waals surface area contributed by atoms with Crippen molar-refractivity contribution < 1.29 is 4.79 Å². The van der Waals surface area contributed by atoms with Gasteiger partial charge in [-0.25, -0.2) is 4.99 Å². The van der Waals surface area contributed by atoms with Crippen molar-refractivity contribution in [3.05, 3.63) is 34.0 Å². The molecule has 0 aromatic carbocycles. The van der Waals surface area contributed by atoms with E-state index in [-0.39, 0.29) is 36.4 Å². The number of hydrogen-bond donors (Lipinski definition) is 2. The van der Waals surface area contributed by atoms with Crippen LogP contribution in [0.2, 0.25) is 0 Å². The highest BCUT2D eigenvalue weighted by molar-refractivity contribution is 14.0. The van der Waals surface area contributed by atoms with Crippen molar-refractivity contribution in [2.45, 2.75) is 20.4 Å². The Morgan fingerprint density at radius 3 is 2.55 bits per heavy atom. The van der Waals surface area contributed by atoms with E-state index in [1.807, 2.05) is 6.92 Å². The van der Waals surface area contributed by atoms with Crippen LogP contribution in [0.5, 0.6) is 0 Å². The summed E-state index contributed by atoms with van der Waals surface area (Å²) >= 11 is 1.75. The SMILES string of the molecule is C=C(C)CNC(=NCC(=O)N(C)C)NCc1ccc(C)s1.I. The van der Waals surface area contributed by atoms with Crippen LogP contribution in [0.1, 0.15) is 16.7 Å². The molecule has 7 heteroatoms. The van der Waals surface area contributed by atoms with Crippen LogP contribution in [0.15, 0.2) is 29.3 Å². The number of guanidine groups is 1. The fourth-order valence-electron chi connectivity index (χ4n) is 1.45. The summed E-state index contributed by atoms with van der Waals surface area (Å²) in [5.74, 6) is 0.595. The van der Waals surface area contributed by atoms with Gasteiger partial charge in [0.15, 0.2) is 5.96 Å². The Bertz CT molecular complexity index is 525. The molecule has 0 saturated heterocycles. The fourth-order valence-corrected chi connectivity index (χ4v) is 2.28. The molecule has 2 N–H and O–H groups in total. The number of thiophene rings is 1. The van der Waals surface area contributed by atoms with Gasteiger partial charge in [-0.05, 0) is 26.0 Å². The smallest absolute Gasteiger partial charge is 0.243 e.